The Bertz CT molecular complexity index is 1110. The largest absolute Gasteiger partial charge is 0.351 e. The summed E-state index contributed by atoms with van der Waals surface area (Å²) in [4.78, 5) is 24.7. The van der Waals surface area contributed by atoms with Gasteiger partial charge >= 0.3 is 0 Å². The van der Waals surface area contributed by atoms with Gasteiger partial charge in [0.1, 0.15) is 11.4 Å². The molecule has 0 aliphatic heterocycles. The first-order valence-corrected chi connectivity index (χ1v) is 9.35. The summed E-state index contributed by atoms with van der Waals surface area (Å²) in [7, 11) is 0. The van der Waals surface area contributed by atoms with Crippen LogP contribution in [0, 0.1) is 24.5 Å². The van der Waals surface area contributed by atoms with Crippen LogP contribution in [0.3, 0.4) is 0 Å². The van der Waals surface area contributed by atoms with Crippen LogP contribution < -0.4 is 10.9 Å². The van der Waals surface area contributed by atoms with Gasteiger partial charge < -0.3 is 5.32 Å². The third kappa shape index (κ3) is 4.94. The number of carbonyl (C=O) groups is 1. The van der Waals surface area contributed by atoms with Crippen molar-refractivity contribution in [2.75, 3.05) is 0 Å². The molecule has 2 heterocycles. The van der Waals surface area contributed by atoms with Crippen molar-refractivity contribution in [3.05, 3.63) is 63.7 Å². The smallest absolute Gasteiger partial charge is 0.266 e. The minimum atomic E-state index is -1.00. The standard InChI is InChI=1S/C20H21F2N5O3/c1-11(2)18(23-19(28)9-17-12(3)25-30-26-17)10-27-20(29)7-6-16(24-27)13-4-5-14(21)15(22)8-13/h4-8,11,18H,9-10H2,1-3H3,(H,23,28)/t18-/m0/s1. The van der Waals surface area contributed by atoms with Crippen molar-refractivity contribution in [1.82, 2.24) is 25.4 Å². The minimum absolute atomic E-state index is 0.00419. The second-order valence-electron chi connectivity index (χ2n) is 7.26. The van der Waals surface area contributed by atoms with E-state index >= 15 is 0 Å². The number of halogens is 2. The van der Waals surface area contributed by atoms with E-state index in [1.807, 2.05) is 13.8 Å². The molecule has 158 valence electrons. The Labute approximate surface area is 170 Å². The van der Waals surface area contributed by atoms with Gasteiger partial charge in [-0.15, -0.1) is 0 Å². The fourth-order valence-electron chi connectivity index (χ4n) is 2.82. The zero-order chi connectivity index (χ0) is 21.8. The third-order valence-corrected chi connectivity index (χ3v) is 4.68. The molecule has 0 spiro atoms. The lowest BCUT2D eigenvalue weighted by molar-refractivity contribution is -0.121. The highest BCUT2D eigenvalue weighted by atomic mass is 19.2. The molecular formula is C20H21F2N5O3. The summed E-state index contributed by atoms with van der Waals surface area (Å²) in [6.07, 6.45) is -0.00419. The van der Waals surface area contributed by atoms with Crippen molar-refractivity contribution >= 4 is 5.91 Å². The predicted molar refractivity (Wildman–Crippen MR) is 103 cm³/mol. The second kappa shape index (κ2) is 8.93. The first-order chi connectivity index (χ1) is 14.2. The number of hydrogen-bond acceptors (Lipinski definition) is 6. The van der Waals surface area contributed by atoms with Gasteiger partial charge in [0.05, 0.1) is 24.7 Å². The van der Waals surface area contributed by atoms with Crippen LogP contribution in [0.1, 0.15) is 25.2 Å². The highest BCUT2D eigenvalue weighted by molar-refractivity contribution is 5.78. The van der Waals surface area contributed by atoms with Crippen molar-refractivity contribution in [1.29, 1.82) is 0 Å². The van der Waals surface area contributed by atoms with Crippen molar-refractivity contribution in [3.63, 3.8) is 0 Å². The molecular weight excluding hydrogens is 396 g/mol. The maximum Gasteiger partial charge on any atom is 0.266 e. The first-order valence-electron chi connectivity index (χ1n) is 9.35. The third-order valence-electron chi connectivity index (χ3n) is 4.68. The number of nitrogens with one attached hydrogen (secondary N) is 1. The van der Waals surface area contributed by atoms with E-state index in [1.54, 1.807) is 6.92 Å². The van der Waals surface area contributed by atoms with Gasteiger partial charge in [0, 0.05) is 11.6 Å². The molecule has 0 radical (unpaired) electrons. The van der Waals surface area contributed by atoms with Gasteiger partial charge in [0.2, 0.25) is 5.91 Å². The second-order valence-corrected chi connectivity index (χ2v) is 7.26. The molecule has 0 fully saturated rings. The van der Waals surface area contributed by atoms with Crippen LogP contribution in [0.4, 0.5) is 8.78 Å². The predicted octanol–water partition coefficient (Wildman–Crippen LogP) is 2.26. The topological polar surface area (TPSA) is 103 Å². The van der Waals surface area contributed by atoms with Gasteiger partial charge in [-0.1, -0.05) is 24.2 Å². The molecule has 8 nitrogen and oxygen atoms in total. The number of aromatic nitrogens is 4. The molecule has 0 bridgehead atoms. The van der Waals surface area contributed by atoms with Crippen LogP contribution in [-0.4, -0.2) is 32.0 Å². The van der Waals surface area contributed by atoms with E-state index in [9.17, 15) is 18.4 Å². The van der Waals surface area contributed by atoms with E-state index in [2.05, 4.69) is 25.4 Å². The summed E-state index contributed by atoms with van der Waals surface area (Å²) in [5, 5.41) is 14.5. The molecule has 1 atom stereocenters. The Balaban J connectivity index is 1.79. The number of amides is 1. The Morgan fingerprint density at radius 3 is 2.57 bits per heavy atom. The van der Waals surface area contributed by atoms with Crippen molar-refractivity contribution < 1.29 is 18.2 Å². The zero-order valence-corrected chi connectivity index (χ0v) is 16.7. The molecule has 3 rings (SSSR count). The van der Waals surface area contributed by atoms with E-state index in [0.717, 1.165) is 12.1 Å². The highest BCUT2D eigenvalue weighted by Crippen LogP contribution is 2.18. The molecule has 0 saturated carbocycles. The summed E-state index contributed by atoms with van der Waals surface area (Å²) in [5.74, 6) is -2.27. The van der Waals surface area contributed by atoms with Crippen molar-refractivity contribution in [3.8, 4) is 11.3 Å². The molecule has 10 heteroatoms. The van der Waals surface area contributed by atoms with E-state index in [-0.39, 0.29) is 30.3 Å². The molecule has 0 unspecified atom stereocenters. The number of hydrogen-bond donors (Lipinski definition) is 1. The van der Waals surface area contributed by atoms with Gasteiger partial charge in [-0.2, -0.15) is 5.10 Å². The van der Waals surface area contributed by atoms with Crippen LogP contribution in [0.2, 0.25) is 0 Å². The van der Waals surface area contributed by atoms with Gasteiger partial charge in [0.15, 0.2) is 11.6 Å². The average molecular weight is 417 g/mol. The lowest BCUT2D eigenvalue weighted by Crippen LogP contribution is -2.44. The van der Waals surface area contributed by atoms with Gasteiger partial charge in [-0.3, -0.25) is 9.59 Å². The molecule has 0 saturated heterocycles. The SMILES string of the molecule is Cc1nonc1CC(=O)N[C@@H](Cn1nc(-c2ccc(F)c(F)c2)ccc1=O)C(C)C. The quantitative estimate of drug-likeness (QED) is 0.633. The lowest BCUT2D eigenvalue weighted by atomic mass is 10.0. The number of nitrogens with zero attached hydrogens (tertiary/aromatic N) is 4. The summed E-state index contributed by atoms with van der Waals surface area (Å²) < 4.78 is 32.5. The summed E-state index contributed by atoms with van der Waals surface area (Å²) in [5.41, 5.74) is 1.24. The van der Waals surface area contributed by atoms with E-state index < -0.39 is 17.7 Å². The number of carbonyl (C=O) groups excluding carboxylic acids is 1. The molecule has 0 aliphatic rings. The number of aryl methyl sites for hydroxylation is 1. The van der Waals surface area contributed by atoms with Crippen LogP contribution in [-0.2, 0) is 17.8 Å². The van der Waals surface area contributed by atoms with Crippen LogP contribution in [0.15, 0.2) is 39.8 Å². The van der Waals surface area contributed by atoms with E-state index in [0.29, 0.717) is 22.6 Å². The number of benzene rings is 1. The van der Waals surface area contributed by atoms with Crippen LogP contribution >= 0.6 is 0 Å². The Hall–Kier alpha value is -3.43. The highest BCUT2D eigenvalue weighted by Gasteiger charge is 2.20. The molecule has 1 aromatic carbocycles. The zero-order valence-electron chi connectivity index (χ0n) is 16.7. The van der Waals surface area contributed by atoms with E-state index in [4.69, 9.17) is 0 Å². The molecule has 1 N–H and O–H groups in total. The molecule has 1 amide bonds. The van der Waals surface area contributed by atoms with Gasteiger partial charge in [-0.05, 0) is 37.1 Å². The lowest BCUT2D eigenvalue weighted by Gasteiger charge is -2.23. The Kier molecular flexibility index (Phi) is 6.34. The van der Waals surface area contributed by atoms with Crippen molar-refractivity contribution in [2.45, 2.75) is 39.8 Å². The summed E-state index contributed by atoms with van der Waals surface area (Å²) >= 11 is 0. The fourth-order valence-corrected chi connectivity index (χ4v) is 2.82. The fraction of sp³-hybridized carbons (Fsp3) is 0.350. The van der Waals surface area contributed by atoms with Gasteiger partial charge in [0.25, 0.3) is 5.56 Å². The maximum atomic E-state index is 13.6. The normalized spacial score (nSPS) is 12.2. The first kappa shape index (κ1) is 21.3. The Morgan fingerprint density at radius 1 is 1.17 bits per heavy atom. The van der Waals surface area contributed by atoms with Crippen LogP contribution in [0.25, 0.3) is 11.3 Å². The van der Waals surface area contributed by atoms with Crippen LogP contribution in [0.5, 0.6) is 0 Å². The molecule has 0 aliphatic carbocycles. The van der Waals surface area contributed by atoms with Crippen molar-refractivity contribution in [2.24, 2.45) is 5.92 Å². The monoisotopic (exact) mass is 417 g/mol. The Morgan fingerprint density at radius 2 is 1.93 bits per heavy atom. The molecule has 2 aromatic heterocycles. The van der Waals surface area contributed by atoms with Gasteiger partial charge in [-0.25, -0.2) is 18.1 Å². The molecule has 30 heavy (non-hydrogen) atoms. The average Bonchev–Trinajstić information content (AvgIpc) is 3.09. The summed E-state index contributed by atoms with van der Waals surface area (Å²) in [6, 6.07) is 5.73. The minimum Gasteiger partial charge on any atom is -0.351 e. The van der Waals surface area contributed by atoms with E-state index in [1.165, 1.54) is 22.9 Å². The number of rotatable bonds is 7. The summed E-state index contributed by atoms with van der Waals surface area (Å²) in [6.45, 7) is 5.60. The maximum absolute atomic E-state index is 13.6. The molecule has 3 aromatic rings.